The summed E-state index contributed by atoms with van der Waals surface area (Å²) in [5.41, 5.74) is 22.4. The van der Waals surface area contributed by atoms with Crippen molar-refractivity contribution >= 4 is 71.4 Å². The van der Waals surface area contributed by atoms with Crippen molar-refractivity contribution in [2.24, 2.45) is 0 Å². The number of nitrogens with zero attached hydrogens (tertiary/aromatic N) is 3. The van der Waals surface area contributed by atoms with Gasteiger partial charge in [0.05, 0.1) is 11.0 Å². The van der Waals surface area contributed by atoms with Gasteiger partial charge in [-0.2, -0.15) is 0 Å². The average Bonchev–Trinajstić information content (AvgIpc) is 4.39. The van der Waals surface area contributed by atoms with E-state index in [0.717, 1.165) is 106 Å². The summed E-state index contributed by atoms with van der Waals surface area (Å²) in [4.78, 5) is 16.0. The number of hydrogen-bond donors (Lipinski definition) is 0. The standard InChI is InChI=1S/C70H41N3O3/c1-6-25-54-44(15-1)45-16-2-7-26-55(45)70(54)56-27-8-3-18-48(56)63-43(20-12-28-57(63)70)41-35-33-40(34-36-41)42-37-38-60-53(39-42)65-51(23-14-32-62(65)75-60)68-71-67(50-22-13-31-61-64(50)49-19-5-10-30-59(49)74-61)72-69(73-68)52-24-11-21-47-46-17-4-9-29-58(46)76-66(47)52/h1,3-15,17-39H,2,16H2. The Labute approximate surface area is 435 Å². The van der Waals surface area contributed by atoms with Crippen molar-refractivity contribution in [3.8, 4) is 67.5 Å². The highest BCUT2D eigenvalue weighted by molar-refractivity contribution is 6.15. The van der Waals surface area contributed by atoms with E-state index < -0.39 is 0 Å². The van der Waals surface area contributed by atoms with Crippen LogP contribution in [0.3, 0.4) is 0 Å². The van der Waals surface area contributed by atoms with Crippen molar-refractivity contribution in [2.75, 3.05) is 0 Å². The number of rotatable bonds is 5. The summed E-state index contributed by atoms with van der Waals surface area (Å²) in [5, 5.41) is 5.88. The molecule has 0 radical (unpaired) electrons. The summed E-state index contributed by atoms with van der Waals surface area (Å²) < 4.78 is 19.6. The van der Waals surface area contributed by atoms with Crippen molar-refractivity contribution < 1.29 is 13.3 Å². The summed E-state index contributed by atoms with van der Waals surface area (Å²) in [6, 6.07) is 75.3. The molecular weight excluding hydrogens is 931 g/mol. The summed E-state index contributed by atoms with van der Waals surface area (Å²) in [6.07, 6.45) is 6.92. The van der Waals surface area contributed by atoms with E-state index >= 15 is 0 Å². The van der Waals surface area contributed by atoms with E-state index in [1.807, 2.05) is 72.8 Å². The quantitative estimate of drug-likeness (QED) is 0.171. The normalized spacial score (nSPS) is 15.5. The molecule has 3 aliphatic rings. The Balaban J connectivity index is 0.813. The third-order valence-electron chi connectivity index (χ3n) is 16.5. The molecule has 1 spiro atoms. The van der Waals surface area contributed by atoms with Gasteiger partial charge in [0, 0.05) is 43.4 Å². The first-order chi connectivity index (χ1) is 37.7. The van der Waals surface area contributed by atoms with Crippen molar-refractivity contribution in [1.29, 1.82) is 0 Å². The lowest BCUT2D eigenvalue weighted by Gasteiger charge is -2.32. The van der Waals surface area contributed by atoms with Crippen LogP contribution in [-0.2, 0) is 5.41 Å². The molecule has 6 nitrogen and oxygen atoms in total. The summed E-state index contributed by atoms with van der Waals surface area (Å²) >= 11 is 0. The van der Waals surface area contributed by atoms with E-state index in [1.54, 1.807) is 0 Å². The topological polar surface area (TPSA) is 78.1 Å². The van der Waals surface area contributed by atoms with Gasteiger partial charge in [-0.15, -0.1) is 0 Å². The number of benzene rings is 10. The van der Waals surface area contributed by atoms with Crippen LogP contribution in [0.25, 0.3) is 139 Å². The van der Waals surface area contributed by atoms with Gasteiger partial charge >= 0.3 is 0 Å². The number of allylic oxidation sites excluding steroid dienone is 4. The van der Waals surface area contributed by atoms with Crippen LogP contribution < -0.4 is 0 Å². The van der Waals surface area contributed by atoms with Gasteiger partial charge in [0.15, 0.2) is 17.5 Å². The predicted octanol–water partition coefficient (Wildman–Crippen LogP) is 18.3. The molecule has 1 atom stereocenters. The van der Waals surface area contributed by atoms with Gasteiger partial charge in [0.25, 0.3) is 0 Å². The molecule has 0 aliphatic heterocycles. The molecule has 6 heteroatoms. The Bertz CT molecular complexity index is 4890. The van der Waals surface area contributed by atoms with Crippen molar-refractivity contribution in [3.05, 3.63) is 252 Å². The third-order valence-corrected chi connectivity index (χ3v) is 16.5. The molecule has 0 bridgehead atoms. The number of para-hydroxylation sites is 3. The van der Waals surface area contributed by atoms with Crippen LogP contribution in [0.2, 0.25) is 0 Å². The van der Waals surface area contributed by atoms with Crippen molar-refractivity contribution in [2.45, 2.75) is 18.3 Å². The van der Waals surface area contributed by atoms with Crippen LogP contribution in [-0.4, -0.2) is 15.0 Å². The van der Waals surface area contributed by atoms with Crippen LogP contribution in [0.4, 0.5) is 0 Å². The van der Waals surface area contributed by atoms with Gasteiger partial charge in [-0.1, -0.05) is 182 Å². The molecule has 17 rings (SSSR count). The van der Waals surface area contributed by atoms with E-state index in [9.17, 15) is 0 Å². The largest absolute Gasteiger partial charge is 0.456 e. The molecule has 4 aromatic heterocycles. The first kappa shape index (κ1) is 41.6. The van der Waals surface area contributed by atoms with Crippen LogP contribution in [0.15, 0.2) is 243 Å². The third kappa shape index (κ3) is 5.67. The van der Waals surface area contributed by atoms with Gasteiger partial charge in [-0.25, -0.2) is 15.0 Å². The second-order valence-corrected chi connectivity index (χ2v) is 20.3. The Morgan fingerprint density at radius 1 is 0.355 bits per heavy atom. The van der Waals surface area contributed by atoms with Crippen LogP contribution >= 0.6 is 0 Å². The highest BCUT2D eigenvalue weighted by Gasteiger charge is 2.52. The molecule has 4 heterocycles. The van der Waals surface area contributed by atoms with Crippen molar-refractivity contribution in [1.82, 2.24) is 15.0 Å². The van der Waals surface area contributed by atoms with Crippen LogP contribution in [0, 0.1) is 0 Å². The Morgan fingerprint density at radius 3 is 1.64 bits per heavy atom. The number of aromatic nitrogens is 3. The maximum Gasteiger partial charge on any atom is 0.167 e. The van der Waals surface area contributed by atoms with Gasteiger partial charge in [-0.05, 0) is 122 Å². The summed E-state index contributed by atoms with van der Waals surface area (Å²) in [7, 11) is 0. The highest BCUT2D eigenvalue weighted by atomic mass is 16.3. The summed E-state index contributed by atoms with van der Waals surface area (Å²) in [6.45, 7) is 0. The lowest BCUT2D eigenvalue weighted by molar-refractivity contribution is 0.668. The molecule has 1 unspecified atom stereocenters. The fraction of sp³-hybridized carbons (Fsp3) is 0.0429. The van der Waals surface area contributed by atoms with Gasteiger partial charge < -0.3 is 13.3 Å². The molecular formula is C70H41N3O3. The van der Waals surface area contributed by atoms with Crippen molar-refractivity contribution in [3.63, 3.8) is 0 Å². The fourth-order valence-corrected chi connectivity index (χ4v) is 13.3. The molecule has 0 saturated heterocycles. The Hall–Kier alpha value is -9.91. The lowest BCUT2D eigenvalue weighted by atomic mass is 9.69. The lowest BCUT2D eigenvalue weighted by Crippen LogP contribution is -2.27. The molecule has 14 aromatic rings. The molecule has 76 heavy (non-hydrogen) atoms. The molecule has 0 saturated carbocycles. The highest BCUT2D eigenvalue weighted by Crippen LogP contribution is 2.64. The van der Waals surface area contributed by atoms with E-state index in [1.165, 1.54) is 55.7 Å². The van der Waals surface area contributed by atoms with E-state index in [-0.39, 0.29) is 5.41 Å². The molecule has 10 aromatic carbocycles. The monoisotopic (exact) mass is 971 g/mol. The number of furan rings is 3. The maximum absolute atomic E-state index is 6.66. The zero-order chi connectivity index (χ0) is 49.6. The SMILES string of the molecule is C1=CC2=C(CC1)c1ccccc1C21c2ccccc2-c2c(-c3ccc(-c4ccc5oc6cccc(-c7nc(-c8cccc9c8oc8ccccc89)nc(-c8cccc9oc%10ccccc%10c89)n7)c6c5c4)cc3)cccc21. The minimum atomic E-state index is -0.345. The molecule has 354 valence electrons. The summed E-state index contributed by atoms with van der Waals surface area (Å²) in [5.74, 6) is 1.55. The molecule has 3 aliphatic carbocycles. The minimum absolute atomic E-state index is 0.345. The van der Waals surface area contributed by atoms with Gasteiger partial charge in [0.1, 0.15) is 33.5 Å². The second-order valence-electron chi connectivity index (χ2n) is 20.3. The van der Waals surface area contributed by atoms with Crippen LogP contribution in [0.1, 0.15) is 35.1 Å². The van der Waals surface area contributed by atoms with E-state index in [0.29, 0.717) is 17.5 Å². The number of hydrogen-bond acceptors (Lipinski definition) is 6. The Kier molecular flexibility index (Phi) is 8.51. The first-order valence-corrected chi connectivity index (χ1v) is 26.0. The number of fused-ring (bicyclic) bond motifs is 18. The fourth-order valence-electron chi connectivity index (χ4n) is 13.3. The molecule has 0 fully saturated rings. The first-order valence-electron chi connectivity index (χ1n) is 26.0. The smallest absolute Gasteiger partial charge is 0.167 e. The zero-order valence-electron chi connectivity index (χ0n) is 40.8. The van der Waals surface area contributed by atoms with E-state index in [2.05, 4.69) is 152 Å². The minimum Gasteiger partial charge on any atom is -0.456 e. The van der Waals surface area contributed by atoms with E-state index in [4.69, 9.17) is 28.2 Å². The average molecular weight is 972 g/mol. The molecule has 0 amide bonds. The molecule has 0 N–H and O–H groups in total. The van der Waals surface area contributed by atoms with Gasteiger partial charge in [0.2, 0.25) is 0 Å². The Morgan fingerprint density at radius 2 is 0.868 bits per heavy atom. The van der Waals surface area contributed by atoms with Gasteiger partial charge in [-0.3, -0.25) is 0 Å². The van der Waals surface area contributed by atoms with Crippen LogP contribution in [0.5, 0.6) is 0 Å². The second kappa shape index (κ2) is 15.6. The maximum atomic E-state index is 6.66. The zero-order valence-corrected chi connectivity index (χ0v) is 40.8. The predicted molar refractivity (Wildman–Crippen MR) is 306 cm³/mol.